The molecule has 3 N–H and O–H groups in total. The zero-order chi connectivity index (χ0) is 46.9. The van der Waals surface area contributed by atoms with Crippen molar-refractivity contribution in [3.05, 3.63) is 108 Å². The van der Waals surface area contributed by atoms with Gasteiger partial charge in [0.1, 0.15) is 35.5 Å². The van der Waals surface area contributed by atoms with Crippen LogP contribution in [0.25, 0.3) is 0 Å². The Balaban J connectivity index is 1.50. The number of oxime groups is 1. The number of fused-ring (bicyclic) bond motifs is 2. The van der Waals surface area contributed by atoms with E-state index in [1.807, 2.05) is 93.8 Å². The summed E-state index contributed by atoms with van der Waals surface area (Å²) < 4.78 is 38.7. The van der Waals surface area contributed by atoms with Gasteiger partial charge in [-0.15, -0.1) is 18.3 Å². The number of unbranched alkanes of at least 4 members (excludes halogenated alkanes) is 2. The van der Waals surface area contributed by atoms with Crippen molar-refractivity contribution >= 4 is 23.6 Å². The largest absolute Gasteiger partial charge is 0.459 e. The van der Waals surface area contributed by atoms with E-state index in [2.05, 4.69) is 18.7 Å². The standard InChI is InChI=1S/C52H70N2O11S/c1-6-28-62-52-47(54(24-29-59-30-27-57)50(58)61-32-31-60-36-37-14-8-7-9-15-37)35-45(53-65-51(2,3)4)43-33-38(16-10-12-25-55)42(17-11-13-26-56)48(49(43)52)44-34-40(20-23-46(44)64-52)63-39-18-21-41(66-5)22-19-39/h6-9,14-15,18-23,33-34,38,42,47-49,55-57H,1,10-13,16-17,24-32,35-36H2,2-5H3. The fourth-order valence-corrected chi connectivity index (χ4v) is 9.83. The van der Waals surface area contributed by atoms with Crippen LogP contribution in [0.1, 0.15) is 82.8 Å². The predicted octanol–water partition coefficient (Wildman–Crippen LogP) is 9.30. The average Bonchev–Trinajstić information content (AvgIpc) is 3.31. The Morgan fingerprint density at radius 3 is 2.35 bits per heavy atom. The van der Waals surface area contributed by atoms with Gasteiger partial charge in [-0.05, 0) is 118 Å². The minimum absolute atomic E-state index is 0.00683. The number of hydrogen-bond donors (Lipinski definition) is 3. The third-order valence-corrected chi connectivity index (χ3v) is 13.0. The number of aliphatic hydroxyl groups excluding tert-OH is 3. The number of amides is 1. The summed E-state index contributed by atoms with van der Waals surface area (Å²) in [6.45, 7) is 10.8. The lowest BCUT2D eigenvalue weighted by Crippen LogP contribution is -2.70. The highest BCUT2D eigenvalue weighted by atomic mass is 32.2. The van der Waals surface area contributed by atoms with E-state index >= 15 is 0 Å². The topological polar surface area (TPSA) is 158 Å². The van der Waals surface area contributed by atoms with Gasteiger partial charge in [-0.1, -0.05) is 60.5 Å². The van der Waals surface area contributed by atoms with Crippen LogP contribution in [0.5, 0.6) is 17.2 Å². The molecule has 13 nitrogen and oxygen atoms in total. The zero-order valence-corrected chi connectivity index (χ0v) is 39.9. The van der Waals surface area contributed by atoms with Gasteiger partial charge in [0.15, 0.2) is 0 Å². The molecule has 0 radical (unpaired) electrons. The van der Waals surface area contributed by atoms with Crippen LogP contribution < -0.4 is 9.47 Å². The maximum atomic E-state index is 14.7. The fraction of sp³-hybridized carbons (Fsp3) is 0.538. The van der Waals surface area contributed by atoms with Gasteiger partial charge in [-0.3, -0.25) is 4.90 Å². The van der Waals surface area contributed by atoms with E-state index < -0.39 is 29.4 Å². The Morgan fingerprint density at radius 2 is 1.65 bits per heavy atom. The Hall–Kier alpha value is -4.41. The van der Waals surface area contributed by atoms with E-state index in [1.165, 1.54) is 0 Å². The molecule has 6 atom stereocenters. The Labute approximate surface area is 395 Å². The second kappa shape index (κ2) is 25.1. The molecule has 0 bridgehead atoms. The molecule has 0 saturated heterocycles. The van der Waals surface area contributed by atoms with Gasteiger partial charge in [0.2, 0.25) is 5.79 Å². The van der Waals surface area contributed by atoms with Crippen molar-refractivity contribution in [3.63, 3.8) is 0 Å². The molecule has 6 unspecified atom stereocenters. The lowest BCUT2D eigenvalue weighted by molar-refractivity contribution is -0.256. The van der Waals surface area contributed by atoms with Crippen LogP contribution in [-0.4, -0.2) is 115 Å². The van der Waals surface area contributed by atoms with E-state index in [0.29, 0.717) is 42.4 Å². The number of benzene rings is 3. The molecule has 3 aromatic rings. The summed E-state index contributed by atoms with van der Waals surface area (Å²) in [5.74, 6) is -0.258. The molecule has 3 aliphatic rings. The summed E-state index contributed by atoms with van der Waals surface area (Å²) in [4.78, 5) is 23.7. The van der Waals surface area contributed by atoms with Crippen molar-refractivity contribution in [2.24, 2.45) is 22.9 Å². The summed E-state index contributed by atoms with van der Waals surface area (Å²) in [7, 11) is 0. The highest BCUT2D eigenvalue weighted by Crippen LogP contribution is 2.62. The van der Waals surface area contributed by atoms with Crippen LogP contribution in [0.2, 0.25) is 0 Å². The molecule has 0 spiro atoms. The van der Waals surface area contributed by atoms with Crippen LogP contribution in [0.3, 0.4) is 0 Å². The van der Waals surface area contributed by atoms with Gasteiger partial charge in [0, 0.05) is 42.6 Å². The molecule has 1 amide bonds. The van der Waals surface area contributed by atoms with Crippen LogP contribution in [0.4, 0.5) is 4.79 Å². The van der Waals surface area contributed by atoms with E-state index in [1.54, 1.807) is 22.7 Å². The van der Waals surface area contributed by atoms with Crippen molar-refractivity contribution < 1.29 is 53.4 Å². The summed E-state index contributed by atoms with van der Waals surface area (Å²) in [5.41, 5.74) is 2.90. The first-order chi connectivity index (χ1) is 32.0. The summed E-state index contributed by atoms with van der Waals surface area (Å²) in [6, 6.07) is 22.9. The molecule has 1 fully saturated rings. The first kappa shape index (κ1) is 51.0. The van der Waals surface area contributed by atoms with E-state index in [0.717, 1.165) is 47.3 Å². The molecule has 1 aliphatic heterocycles. The molecule has 1 heterocycles. The lowest BCUT2D eigenvalue weighted by Gasteiger charge is -2.59. The number of thioether (sulfide) groups is 1. The van der Waals surface area contributed by atoms with Crippen LogP contribution in [-0.2, 0) is 30.4 Å². The molecule has 14 heteroatoms. The van der Waals surface area contributed by atoms with E-state index in [4.69, 9.17) is 38.4 Å². The average molecular weight is 931 g/mol. The Bertz CT molecular complexity index is 2040. The first-order valence-corrected chi connectivity index (χ1v) is 24.6. The maximum Gasteiger partial charge on any atom is 0.410 e. The highest BCUT2D eigenvalue weighted by molar-refractivity contribution is 7.98. The maximum absolute atomic E-state index is 14.7. The molecule has 6 rings (SSSR count). The minimum Gasteiger partial charge on any atom is -0.459 e. The monoisotopic (exact) mass is 930 g/mol. The second-order valence-corrected chi connectivity index (χ2v) is 18.8. The second-order valence-electron chi connectivity index (χ2n) is 17.9. The predicted molar refractivity (Wildman–Crippen MR) is 256 cm³/mol. The van der Waals surface area contributed by atoms with E-state index in [9.17, 15) is 20.1 Å². The SMILES string of the molecule is C=CCOC12Oc3ccc(Oc4ccc(SC)cc4)cc3C3C(CCCCO)C(CCCCO)C=C(C(=NOC(C)(C)C)CC1N(CCOCCO)C(=O)OCCOCc1ccccc1)C32. The summed E-state index contributed by atoms with van der Waals surface area (Å²) in [5, 5.41) is 34.5. The number of rotatable bonds is 26. The van der Waals surface area contributed by atoms with Gasteiger partial charge in [0.05, 0.1) is 51.3 Å². The van der Waals surface area contributed by atoms with Gasteiger partial charge < -0.3 is 48.6 Å². The molecule has 360 valence electrons. The molecular weight excluding hydrogens is 861 g/mol. The first-order valence-electron chi connectivity index (χ1n) is 23.4. The Morgan fingerprint density at radius 1 is 0.909 bits per heavy atom. The van der Waals surface area contributed by atoms with Crippen molar-refractivity contribution in [1.29, 1.82) is 0 Å². The molecule has 66 heavy (non-hydrogen) atoms. The van der Waals surface area contributed by atoms with Crippen LogP contribution in [0, 0.1) is 17.8 Å². The van der Waals surface area contributed by atoms with E-state index in [-0.39, 0.29) is 83.6 Å². The van der Waals surface area contributed by atoms with Gasteiger partial charge in [-0.25, -0.2) is 4.79 Å². The normalized spacial score (nSPS) is 22.7. The molecule has 0 aromatic heterocycles. The number of carbonyl (C=O) groups excluding carboxylic acids is 1. The van der Waals surface area contributed by atoms with Gasteiger partial charge in [-0.2, -0.15) is 0 Å². The number of nitrogens with zero attached hydrogens (tertiary/aromatic N) is 2. The summed E-state index contributed by atoms with van der Waals surface area (Å²) in [6.07, 6.45) is 10.1. The quantitative estimate of drug-likeness (QED) is 0.0304. The van der Waals surface area contributed by atoms with Crippen LogP contribution in [0.15, 0.2) is 107 Å². The molecule has 3 aromatic carbocycles. The van der Waals surface area contributed by atoms with Crippen molar-refractivity contribution in [1.82, 2.24) is 4.90 Å². The van der Waals surface area contributed by atoms with Gasteiger partial charge >= 0.3 is 6.09 Å². The number of ether oxygens (including phenoxy) is 6. The number of allylic oxidation sites excluding steroid dienone is 1. The smallest absolute Gasteiger partial charge is 0.410 e. The van der Waals surface area contributed by atoms with Crippen molar-refractivity contribution in [2.45, 2.75) is 101 Å². The van der Waals surface area contributed by atoms with Crippen LogP contribution >= 0.6 is 11.8 Å². The molecule has 2 aliphatic carbocycles. The third kappa shape index (κ3) is 13.2. The zero-order valence-electron chi connectivity index (χ0n) is 39.1. The Kier molecular flexibility index (Phi) is 19.4. The highest BCUT2D eigenvalue weighted by Gasteiger charge is 2.65. The minimum atomic E-state index is -1.50. The van der Waals surface area contributed by atoms with Crippen molar-refractivity contribution in [3.8, 4) is 17.2 Å². The van der Waals surface area contributed by atoms with Crippen molar-refractivity contribution in [2.75, 3.05) is 65.7 Å². The molecular formula is C52H70N2O11S. The number of hydrogen-bond acceptors (Lipinski definition) is 13. The fourth-order valence-electron chi connectivity index (χ4n) is 9.42. The number of carbonyl (C=O) groups is 1. The van der Waals surface area contributed by atoms with Gasteiger partial charge in [0.25, 0.3) is 0 Å². The third-order valence-electron chi connectivity index (χ3n) is 12.3. The lowest BCUT2D eigenvalue weighted by atomic mass is 9.55. The summed E-state index contributed by atoms with van der Waals surface area (Å²) >= 11 is 1.66. The number of aliphatic hydroxyl groups is 3. The molecule has 1 saturated carbocycles.